The van der Waals surface area contributed by atoms with Crippen molar-refractivity contribution in [2.24, 2.45) is 0 Å². The van der Waals surface area contributed by atoms with Crippen LogP contribution in [0.1, 0.15) is 24.8 Å². The topological polar surface area (TPSA) is 21.3 Å². The van der Waals surface area contributed by atoms with Gasteiger partial charge in [0, 0.05) is 12.5 Å². The molecule has 0 heterocycles. The van der Waals surface area contributed by atoms with Crippen molar-refractivity contribution in [1.82, 2.24) is 5.32 Å². The predicted octanol–water partition coefficient (Wildman–Crippen LogP) is 2.63. The standard InChI is InChI=1S/C15H21NO/c1-4-5-6-14(16-2)10-7-13-8-11-15(17-3)12-9-13/h1,8-9,11-12,14,16H,5-7,10H2,2-3H3. The number of nitrogens with one attached hydrogen (secondary N) is 1. The minimum Gasteiger partial charge on any atom is -0.497 e. The molecule has 2 nitrogen and oxygen atoms in total. The quantitative estimate of drug-likeness (QED) is 0.728. The minimum absolute atomic E-state index is 0.508. The lowest BCUT2D eigenvalue weighted by molar-refractivity contribution is 0.414. The molecule has 1 atom stereocenters. The molecule has 1 N–H and O–H groups in total. The molecule has 0 saturated heterocycles. The highest BCUT2D eigenvalue weighted by Crippen LogP contribution is 2.14. The van der Waals surface area contributed by atoms with Crippen LogP contribution in [0, 0.1) is 12.3 Å². The maximum Gasteiger partial charge on any atom is 0.118 e. The van der Waals surface area contributed by atoms with Crippen molar-refractivity contribution in [1.29, 1.82) is 0 Å². The number of terminal acetylenes is 1. The maximum atomic E-state index is 5.28. The molecular formula is C15H21NO. The highest BCUT2D eigenvalue weighted by molar-refractivity contribution is 5.27. The summed E-state index contributed by atoms with van der Waals surface area (Å²) in [5.41, 5.74) is 1.34. The molecule has 0 aliphatic rings. The highest BCUT2D eigenvalue weighted by atomic mass is 16.5. The van der Waals surface area contributed by atoms with Crippen molar-refractivity contribution in [3.8, 4) is 18.1 Å². The van der Waals surface area contributed by atoms with E-state index in [0.717, 1.165) is 31.4 Å². The van der Waals surface area contributed by atoms with Crippen LogP contribution in [0.2, 0.25) is 0 Å². The van der Waals surface area contributed by atoms with Crippen LogP contribution < -0.4 is 10.1 Å². The van der Waals surface area contributed by atoms with Crippen LogP contribution in [0.5, 0.6) is 5.75 Å². The number of benzene rings is 1. The first-order valence-corrected chi connectivity index (χ1v) is 6.03. The summed E-state index contributed by atoms with van der Waals surface area (Å²) in [5, 5.41) is 3.31. The van der Waals surface area contributed by atoms with Crippen LogP contribution in [-0.2, 0) is 6.42 Å². The summed E-state index contributed by atoms with van der Waals surface area (Å²) in [5.74, 6) is 3.60. The fraction of sp³-hybridized carbons (Fsp3) is 0.467. The zero-order chi connectivity index (χ0) is 12.5. The molecule has 0 aromatic heterocycles. The average molecular weight is 231 g/mol. The zero-order valence-electron chi connectivity index (χ0n) is 10.7. The van der Waals surface area contributed by atoms with Crippen LogP contribution in [0.15, 0.2) is 24.3 Å². The molecular weight excluding hydrogens is 210 g/mol. The van der Waals surface area contributed by atoms with Crippen molar-refractivity contribution in [3.05, 3.63) is 29.8 Å². The first kappa shape index (κ1) is 13.6. The summed E-state index contributed by atoms with van der Waals surface area (Å²) in [6.07, 6.45) is 9.35. The van der Waals surface area contributed by atoms with Crippen molar-refractivity contribution in [2.45, 2.75) is 31.7 Å². The Hall–Kier alpha value is -1.46. The number of hydrogen-bond acceptors (Lipinski definition) is 2. The Bertz CT molecular complexity index is 350. The Balaban J connectivity index is 2.40. The Morgan fingerprint density at radius 1 is 1.29 bits per heavy atom. The molecule has 1 aromatic rings. The lowest BCUT2D eigenvalue weighted by atomic mass is 10.0. The molecule has 0 bridgehead atoms. The molecule has 1 rings (SSSR count). The molecule has 0 aliphatic carbocycles. The monoisotopic (exact) mass is 231 g/mol. The Labute approximate surface area is 104 Å². The van der Waals surface area contributed by atoms with Crippen molar-refractivity contribution >= 4 is 0 Å². The second kappa shape index (κ2) is 7.76. The van der Waals surface area contributed by atoms with Gasteiger partial charge in [0.25, 0.3) is 0 Å². The first-order chi connectivity index (χ1) is 8.30. The molecule has 0 aliphatic heterocycles. The van der Waals surface area contributed by atoms with Crippen LogP contribution in [0.25, 0.3) is 0 Å². The van der Waals surface area contributed by atoms with Crippen LogP contribution in [-0.4, -0.2) is 20.2 Å². The van der Waals surface area contributed by atoms with E-state index in [4.69, 9.17) is 11.2 Å². The van der Waals surface area contributed by atoms with E-state index < -0.39 is 0 Å². The van der Waals surface area contributed by atoms with Gasteiger partial charge < -0.3 is 10.1 Å². The second-order valence-electron chi connectivity index (χ2n) is 4.12. The van der Waals surface area contributed by atoms with E-state index in [-0.39, 0.29) is 0 Å². The number of hydrogen-bond donors (Lipinski definition) is 1. The molecule has 1 unspecified atom stereocenters. The summed E-state index contributed by atoms with van der Waals surface area (Å²) in [6, 6.07) is 8.75. The summed E-state index contributed by atoms with van der Waals surface area (Å²) >= 11 is 0. The third kappa shape index (κ3) is 4.93. The molecule has 92 valence electrons. The SMILES string of the molecule is C#CCCC(CCc1ccc(OC)cc1)NC. The van der Waals surface area contributed by atoms with Gasteiger partial charge in [-0.3, -0.25) is 0 Å². The van der Waals surface area contributed by atoms with Crippen LogP contribution >= 0.6 is 0 Å². The molecule has 0 amide bonds. The Morgan fingerprint density at radius 2 is 2.00 bits per heavy atom. The number of aryl methyl sites for hydroxylation is 1. The minimum atomic E-state index is 0.508. The zero-order valence-corrected chi connectivity index (χ0v) is 10.7. The summed E-state index contributed by atoms with van der Waals surface area (Å²) < 4.78 is 5.13. The van der Waals surface area contributed by atoms with E-state index in [1.165, 1.54) is 5.56 Å². The summed E-state index contributed by atoms with van der Waals surface area (Å²) in [7, 11) is 3.68. The molecule has 0 saturated carbocycles. The normalized spacial score (nSPS) is 11.8. The van der Waals surface area contributed by atoms with Gasteiger partial charge in [-0.25, -0.2) is 0 Å². The fourth-order valence-corrected chi connectivity index (χ4v) is 1.82. The van der Waals surface area contributed by atoms with Crippen molar-refractivity contribution in [2.75, 3.05) is 14.2 Å². The predicted molar refractivity (Wildman–Crippen MR) is 72.2 cm³/mol. The maximum absolute atomic E-state index is 5.28. The lowest BCUT2D eigenvalue weighted by Crippen LogP contribution is -2.25. The average Bonchev–Trinajstić information content (AvgIpc) is 2.39. The van der Waals surface area contributed by atoms with Gasteiger partial charge in [0.15, 0.2) is 0 Å². The lowest BCUT2D eigenvalue weighted by Gasteiger charge is -2.14. The summed E-state index contributed by atoms with van der Waals surface area (Å²) in [4.78, 5) is 0. The highest BCUT2D eigenvalue weighted by Gasteiger charge is 2.05. The number of methoxy groups -OCH3 is 1. The van der Waals surface area contributed by atoms with E-state index in [1.54, 1.807) is 7.11 Å². The molecule has 2 heteroatoms. The first-order valence-electron chi connectivity index (χ1n) is 6.03. The Morgan fingerprint density at radius 3 is 2.53 bits per heavy atom. The van der Waals surface area contributed by atoms with E-state index in [1.807, 2.05) is 19.2 Å². The fourth-order valence-electron chi connectivity index (χ4n) is 1.82. The van der Waals surface area contributed by atoms with Gasteiger partial charge in [-0.2, -0.15) is 0 Å². The third-order valence-corrected chi connectivity index (χ3v) is 2.99. The summed E-state index contributed by atoms with van der Waals surface area (Å²) in [6.45, 7) is 0. The molecule has 0 spiro atoms. The van der Waals surface area contributed by atoms with Gasteiger partial charge in [0.05, 0.1) is 7.11 Å². The van der Waals surface area contributed by atoms with Gasteiger partial charge in [-0.1, -0.05) is 12.1 Å². The van der Waals surface area contributed by atoms with Gasteiger partial charge in [0.1, 0.15) is 5.75 Å². The van der Waals surface area contributed by atoms with Gasteiger partial charge >= 0.3 is 0 Å². The second-order valence-corrected chi connectivity index (χ2v) is 4.12. The molecule has 1 aromatic carbocycles. The molecule has 0 fully saturated rings. The van der Waals surface area contributed by atoms with E-state index >= 15 is 0 Å². The van der Waals surface area contributed by atoms with E-state index in [2.05, 4.69) is 23.4 Å². The third-order valence-electron chi connectivity index (χ3n) is 2.99. The van der Waals surface area contributed by atoms with E-state index in [0.29, 0.717) is 6.04 Å². The number of rotatable bonds is 7. The van der Waals surface area contributed by atoms with Crippen LogP contribution in [0.3, 0.4) is 0 Å². The molecule has 0 radical (unpaired) electrons. The Kier molecular flexibility index (Phi) is 6.21. The van der Waals surface area contributed by atoms with Gasteiger partial charge in [-0.05, 0) is 44.0 Å². The number of ether oxygens (including phenoxy) is 1. The molecule has 17 heavy (non-hydrogen) atoms. The van der Waals surface area contributed by atoms with Crippen LogP contribution in [0.4, 0.5) is 0 Å². The van der Waals surface area contributed by atoms with Crippen molar-refractivity contribution in [3.63, 3.8) is 0 Å². The largest absolute Gasteiger partial charge is 0.497 e. The van der Waals surface area contributed by atoms with Gasteiger partial charge in [-0.15, -0.1) is 12.3 Å². The van der Waals surface area contributed by atoms with E-state index in [9.17, 15) is 0 Å². The van der Waals surface area contributed by atoms with Crippen molar-refractivity contribution < 1.29 is 4.74 Å². The smallest absolute Gasteiger partial charge is 0.118 e. The van der Waals surface area contributed by atoms with Gasteiger partial charge in [0.2, 0.25) is 0 Å².